The zero-order chi connectivity index (χ0) is 23.2. The van der Waals surface area contributed by atoms with Crippen LogP contribution in [-0.2, 0) is 16.0 Å². The van der Waals surface area contributed by atoms with E-state index in [1.165, 1.54) is 5.56 Å². The normalized spacial score (nSPS) is 17.2. The highest BCUT2D eigenvalue weighted by Gasteiger charge is 2.33. The molecule has 2 aliphatic heterocycles. The molecule has 0 radical (unpaired) electrons. The predicted molar refractivity (Wildman–Crippen MR) is 130 cm³/mol. The Labute approximate surface area is 196 Å². The van der Waals surface area contributed by atoms with Gasteiger partial charge in [0.15, 0.2) is 5.82 Å². The molecule has 7 nitrogen and oxygen atoms in total. The van der Waals surface area contributed by atoms with Gasteiger partial charge in [-0.25, -0.2) is 0 Å². The highest BCUT2D eigenvalue weighted by atomic mass is 16.2. The second-order valence-electron chi connectivity index (χ2n) is 9.36. The molecule has 1 aromatic carbocycles. The summed E-state index contributed by atoms with van der Waals surface area (Å²) >= 11 is 0. The number of nitrogens with zero attached hydrogens (tertiary/aromatic N) is 4. The molecule has 0 atom stereocenters. The van der Waals surface area contributed by atoms with Crippen molar-refractivity contribution in [3.63, 3.8) is 0 Å². The zero-order valence-electron chi connectivity index (χ0n) is 19.7. The highest BCUT2D eigenvalue weighted by molar-refractivity contribution is 5.94. The monoisotopic (exact) mass is 449 g/mol. The molecule has 0 saturated carbocycles. The van der Waals surface area contributed by atoms with Crippen molar-refractivity contribution < 1.29 is 9.59 Å². The number of anilines is 2. The second-order valence-corrected chi connectivity index (χ2v) is 9.36. The predicted octanol–water partition coefficient (Wildman–Crippen LogP) is 3.77. The Kier molecular flexibility index (Phi) is 7.57. The molecule has 2 amide bonds. The van der Waals surface area contributed by atoms with Crippen LogP contribution in [0, 0.1) is 17.8 Å². The van der Waals surface area contributed by atoms with Gasteiger partial charge >= 0.3 is 0 Å². The molecule has 2 aromatic rings. The summed E-state index contributed by atoms with van der Waals surface area (Å²) in [6.07, 6.45) is 6.66. The van der Waals surface area contributed by atoms with Crippen molar-refractivity contribution in [2.75, 3.05) is 36.4 Å². The fourth-order valence-corrected chi connectivity index (χ4v) is 4.85. The average molecular weight is 450 g/mol. The number of hydrogen-bond acceptors (Lipinski definition) is 5. The number of nitrogens with one attached hydrogen (secondary N) is 1. The molecule has 0 aliphatic carbocycles. The van der Waals surface area contributed by atoms with Crippen molar-refractivity contribution in [1.82, 2.24) is 15.1 Å². The molecule has 33 heavy (non-hydrogen) atoms. The number of hydrogen-bond donors (Lipinski definition) is 1. The van der Waals surface area contributed by atoms with Gasteiger partial charge in [0.25, 0.3) is 0 Å². The first kappa shape index (κ1) is 23.2. The molecule has 0 bridgehead atoms. The molecular weight excluding hydrogens is 414 g/mol. The molecular formula is C26H35N5O2. The molecule has 176 valence electrons. The fraction of sp³-hybridized carbons (Fsp3) is 0.538. The minimum atomic E-state index is -0.0282. The van der Waals surface area contributed by atoms with Crippen molar-refractivity contribution >= 4 is 23.3 Å². The van der Waals surface area contributed by atoms with Crippen LogP contribution in [0.2, 0.25) is 0 Å². The van der Waals surface area contributed by atoms with Crippen molar-refractivity contribution in [2.45, 2.75) is 46.0 Å². The van der Waals surface area contributed by atoms with Gasteiger partial charge in [0.05, 0.1) is 5.92 Å². The van der Waals surface area contributed by atoms with E-state index in [0.717, 1.165) is 56.7 Å². The van der Waals surface area contributed by atoms with Gasteiger partial charge in [-0.1, -0.05) is 26.0 Å². The maximum Gasteiger partial charge on any atom is 0.231 e. The van der Waals surface area contributed by atoms with Crippen molar-refractivity contribution in [3.8, 4) is 0 Å². The summed E-state index contributed by atoms with van der Waals surface area (Å²) in [5.41, 5.74) is 2.13. The number of likely N-dealkylation sites (tertiary alicyclic amines) is 1. The van der Waals surface area contributed by atoms with E-state index in [4.69, 9.17) is 0 Å². The van der Waals surface area contributed by atoms with Gasteiger partial charge in [0, 0.05) is 44.0 Å². The summed E-state index contributed by atoms with van der Waals surface area (Å²) in [6, 6.07) is 12.0. The number of carbonyl (C=O) groups is 2. The SMILES string of the molecule is CCC(CC)C(=O)N1CCC(Cc2ccc(NC(=O)C3CN(c4cccnn4)C3)cc2)CC1. The first-order valence-electron chi connectivity index (χ1n) is 12.3. The minimum Gasteiger partial charge on any atom is -0.353 e. The molecule has 1 aromatic heterocycles. The zero-order valence-corrected chi connectivity index (χ0v) is 19.7. The second kappa shape index (κ2) is 10.8. The molecule has 3 heterocycles. The maximum absolute atomic E-state index is 12.6. The lowest BCUT2D eigenvalue weighted by Crippen LogP contribution is -2.52. The van der Waals surface area contributed by atoms with Crippen molar-refractivity contribution in [3.05, 3.63) is 48.2 Å². The molecule has 0 spiro atoms. The van der Waals surface area contributed by atoms with Crippen LogP contribution >= 0.6 is 0 Å². The number of piperidine rings is 1. The first-order chi connectivity index (χ1) is 16.1. The summed E-state index contributed by atoms with van der Waals surface area (Å²) in [4.78, 5) is 29.3. The lowest BCUT2D eigenvalue weighted by molar-refractivity contribution is -0.137. The third kappa shape index (κ3) is 5.70. The summed E-state index contributed by atoms with van der Waals surface area (Å²) in [5.74, 6) is 1.97. The minimum absolute atomic E-state index is 0.0282. The lowest BCUT2D eigenvalue weighted by Gasteiger charge is -2.38. The van der Waals surface area contributed by atoms with Crippen LogP contribution in [0.25, 0.3) is 0 Å². The fourth-order valence-electron chi connectivity index (χ4n) is 4.85. The van der Waals surface area contributed by atoms with Gasteiger partial charge in [-0.05, 0) is 67.9 Å². The third-order valence-electron chi connectivity index (χ3n) is 7.14. The van der Waals surface area contributed by atoms with E-state index in [1.54, 1.807) is 6.20 Å². The lowest BCUT2D eigenvalue weighted by atomic mass is 9.89. The Bertz CT molecular complexity index is 915. The molecule has 2 aliphatic rings. The van der Waals surface area contributed by atoms with Gasteiger partial charge in [-0.2, -0.15) is 5.10 Å². The quantitative estimate of drug-likeness (QED) is 0.664. The number of amides is 2. The number of aromatic nitrogens is 2. The van der Waals surface area contributed by atoms with Crippen LogP contribution in [0.4, 0.5) is 11.5 Å². The van der Waals surface area contributed by atoms with E-state index in [1.807, 2.05) is 24.3 Å². The van der Waals surface area contributed by atoms with Crippen LogP contribution < -0.4 is 10.2 Å². The summed E-state index contributed by atoms with van der Waals surface area (Å²) in [6.45, 7) is 7.29. The number of carbonyl (C=O) groups excluding carboxylic acids is 2. The van der Waals surface area contributed by atoms with Crippen LogP contribution in [0.5, 0.6) is 0 Å². The topological polar surface area (TPSA) is 78.4 Å². The van der Waals surface area contributed by atoms with Crippen LogP contribution in [0.1, 0.15) is 45.1 Å². The Morgan fingerprint density at radius 3 is 2.36 bits per heavy atom. The molecule has 2 fully saturated rings. The standard InChI is InChI=1S/C26H35N5O2/c1-3-21(4-2)26(33)30-14-11-20(12-15-30)16-19-7-9-23(10-8-19)28-25(32)22-17-31(18-22)24-6-5-13-27-29-24/h5-10,13,20-22H,3-4,11-12,14-18H2,1-2H3,(H,28,32). The van der Waals surface area contributed by atoms with E-state index >= 15 is 0 Å². The Balaban J connectivity index is 1.20. The third-order valence-corrected chi connectivity index (χ3v) is 7.14. The van der Waals surface area contributed by atoms with Crippen molar-refractivity contribution in [1.29, 1.82) is 0 Å². The van der Waals surface area contributed by atoms with E-state index in [9.17, 15) is 9.59 Å². The van der Waals surface area contributed by atoms with E-state index in [0.29, 0.717) is 24.9 Å². The first-order valence-corrected chi connectivity index (χ1v) is 12.3. The average Bonchev–Trinajstić information content (AvgIpc) is 2.81. The van der Waals surface area contributed by atoms with Crippen LogP contribution in [0.3, 0.4) is 0 Å². The van der Waals surface area contributed by atoms with Crippen LogP contribution in [-0.4, -0.2) is 53.1 Å². The van der Waals surface area contributed by atoms with Crippen LogP contribution in [0.15, 0.2) is 42.6 Å². The smallest absolute Gasteiger partial charge is 0.231 e. The Morgan fingerprint density at radius 1 is 1.06 bits per heavy atom. The number of benzene rings is 1. The molecule has 4 rings (SSSR count). The summed E-state index contributed by atoms with van der Waals surface area (Å²) in [7, 11) is 0. The largest absolute Gasteiger partial charge is 0.353 e. The number of rotatable bonds is 8. The van der Waals surface area contributed by atoms with Gasteiger partial charge in [-0.3, -0.25) is 9.59 Å². The van der Waals surface area contributed by atoms with E-state index < -0.39 is 0 Å². The van der Waals surface area contributed by atoms with Crippen molar-refractivity contribution in [2.24, 2.45) is 17.8 Å². The summed E-state index contributed by atoms with van der Waals surface area (Å²) < 4.78 is 0. The van der Waals surface area contributed by atoms with E-state index in [2.05, 4.69) is 51.3 Å². The van der Waals surface area contributed by atoms with E-state index in [-0.39, 0.29) is 17.7 Å². The van der Waals surface area contributed by atoms with Gasteiger partial charge in [0.1, 0.15) is 0 Å². The summed E-state index contributed by atoms with van der Waals surface area (Å²) in [5, 5.41) is 11.0. The van der Waals surface area contributed by atoms with Gasteiger partial charge in [-0.15, -0.1) is 5.10 Å². The van der Waals surface area contributed by atoms with Gasteiger partial charge < -0.3 is 15.1 Å². The molecule has 7 heteroatoms. The Morgan fingerprint density at radius 2 is 1.76 bits per heavy atom. The maximum atomic E-state index is 12.6. The molecule has 0 unspecified atom stereocenters. The highest BCUT2D eigenvalue weighted by Crippen LogP contribution is 2.26. The molecule has 2 saturated heterocycles. The Hall–Kier alpha value is -2.96. The molecule has 1 N–H and O–H groups in total. The van der Waals surface area contributed by atoms with Gasteiger partial charge in [0.2, 0.25) is 11.8 Å².